The molecule has 1 aromatic heterocycles. The molecule has 1 aliphatic carbocycles. The Morgan fingerprint density at radius 1 is 1.26 bits per heavy atom. The minimum Gasteiger partial charge on any atom is -0.481 e. The smallest absolute Gasteiger partial charge is 0.303 e. The highest BCUT2D eigenvalue weighted by Gasteiger charge is 2.21. The van der Waals surface area contributed by atoms with Gasteiger partial charge >= 0.3 is 5.97 Å². The fraction of sp³-hybridized carbons (Fsp3) is 0.667. The molecule has 1 unspecified atom stereocenters. The van der Waals surface area contributed by atoms with E-state index in [-0.39, 0.29) is 18.4 Å². The second kappa shape index (κ2) is 9.38. The van der Waals surface area contributed by atoms with Crippen LogP contribution in [0, 0.1) is 5.92 Å². The molecule has 0 aliphatic heterocycles. The number of hydrogen-bond donors (Lipinski definition) is 2. The molecular weight excluding hydrogens is 294 g/mol. The monoisotopic (exact) mass is 321 g/mol. The third kappa shape index (κ3) is 6.89. The lowest BCUT2D eigenvalue weighted by Gasteiger charge is -2.27. The molecule has 0 saturated heterocycles. The molecule has 1 fully saturated rings. The zero-order valence-electron chi connectivity index (χ0n) is 13.6. The molecule has 5 nitrogen and oxygen atoms in total. The molecule has 1 amide bonds. The minimum absolute atomic E-state index is 0.0207. The average Bonchev–Trinajstić information content (AvgIpc) is 3.05. The highest BCUT2D eigenvalue weighted by Crippen LogP contribution is 2.28. The molecule has 1 atom stereocenters. The summed E-state index contributed by atoms with van der Waals surface area (Å²) in [6, 6.07) is 3.64. The second-order valence-electron chi connectivity index (χ2n) is 6.52. The van der Waals surface area contributed by atoms with Crippen molar-refractivity contribution in [2.45, 2.75) is 70.3 Å². The molecule has 1 saturated carbocycles. The van der Waals surface area contributed by atoms with Gasteiger partial charge in [-0.05, 0) is 30.9 Å². The number of carbonyl (C=O) groups is 2. The Hall–Kier alpha value is -1.78. The van der Waals surface area contributed by atoms with E-state index in [1.54, 1.807) is 6.26 Å². The number of amides is 1. The Balaban J connectivity index is 1.79. The van der Waals surface area contributed by atoms with E-state index in [0.29, 0.717) is 25.2 Å². The quantitative estimate of drug-likeness (QED) is 0.729. The van der Waals surface area contributed by atoms with E-state index in [1.807, 2.05) is 12.1 Å². The molecule has 0 bridgehead atoms. The summed E-state index contributed by atoms with van der Waals surface area (Å²) in [6.07, 6.45) is 10.3. The van der Waals surface area contributed by atoms with Crippen LogP contribution >= 0.6 is 0 Å². The van der Waals surface area contributed by atoms with E-state index < -0.39 is 5.97 Å². The standard InChI is InChI=1S/C18H27NO4/c20-17(10-9-16-7-4-12-23-16)19-15(8-11-18(21)22)13-14-5-2-1-3-6-14/h4,7,12,14-15H,1-3,5-6,8-11,13H2,(H,19,20)(H,21,22). The molecule has 2 N–H and O–H groups in total. The van der Waals surface area contributed by atoms with Gasteiger partial charge in [0.15, 0.2) is 0 Å². The predicted octanol–water partition coefficient (Wildman–Crippen LogP) is 3.53. The summed E-state index contributed by atoms with van der Waals surface area (Å²) >= 11 is 0. The molecule has 0 radical (unpaired) electrons. The number of nitrogens with one attached hydrogen (secondary N) is 1. The largest absolute Gasteiger partial charge is 0.481 e. The summed E-state index contributed by atoms with van der Waals surface area (Å²) in [6.45, 7) is 0. The first-order valence-electron chi connectivity index (χ1n) is 8.67. The molecule has 0 spiro atoms. The van der Waals surface area contributed by atoms with Gasteiger partial charge in [0.05, 0.1) is 6.26 Å². The van der Waals surface area contributed by atoms with Gasteiger partial charge in [0.1, 0.15) is 5.76 Å². The van der Waals surface area contributed by atoms with Crippen molar-refractivity contribution in [2.75, 3.05) is 0 Å². The summed E-state index contributed by atoms with van der Waals surface area (Å²) in [5.74, 6) is 0.596. The van der Waals surface area contributed by atoms with Crippen LogP contribution in [-0.4, -0.2) is 23.0 Å². The highest BCUT2D eigenvalue weighted by molar-refractivity contribution is 5.76. The summed E-state index contributed by atoms with van der Waals surface area (Å²) in [5, 5.41) is 11.9. The number of aryl methyl sites for hydroxylation is 1. The number of furan rings is 1. The van der Waals surface area contributed by atoms with E-state index in [0.717, 1.165) is 12.2 Å². The minimum atomic E-state index is -0.802. The van der Waals surface area contributed by atoms with Crippen LogP contribution in [-0.2, 0) is 16.0 Å². The Morgan fingerprint density at radius 3 is 2.70 bits per heavy atom. The highest BCUT2D eigenvalue weighted by atomic mass is 16.4. The summed E-state index contributed by atoms with van der Waals surface area (Å²) in [4.78, 5) is 23.0. The SMILES string of the molecule is O=C(O)CCC(CC1CCCCC1)NC(=O)CCc1ccco1. The number of hydrogen-bond acceptors (Lipinski definition) is 3. The van der Waals surface area contributed by atoms with Gasteiger partial charge in [0.2, 0.25) is 5.91 Å². The van der Waals surface area contributed by atoms with Crippen LogP contribution in [0.25, 0.3) is 0 Å². The first kappa shape index (κ1) is 17.6. The summed E-state index contributed by atoms with van der Waals surface area (Å²) < 4.78 is 5.23. The Labute approximate surface area is 137 Å². The van der Waals surface area contributed by atoms with Crippen LogP contribution in [0.1, 0.15) is 63.5 Å². The fourth-order valence-electron chi connectivity index (χ4n) is 3.36. The van der Waals surface area contributed by atoms with Crippen LogP contribution in [0.4, 0.5) is 0 Å². The lowest BCUT2D eigenvalue weighted by atomic mass is 9.84. The number of aliphatic carboxylic acids is 1. The molecule has 23 heavy (non-hydrogen) atoms. The lowest BCUT2D eigenvalue weighted by molar-refractivity contribution is -0.137. The van der Waals surface area contributed by atoms with E-state index in [9.17, 15) is 9.59 Å². The molecule has 0 aromatic carbocycles. The molecule has 128 valence electrons. The second-order valence-corrected chi connectivity index (χ2v) is 6.52. The number of carbonyl (C=O) groups excluding carboxylic acids is 1. The number of carboxylic acids is 1. The third-order valence-corrected chi connectivity index (χ3v) is 4.59. The van der Waals surface area contributed by atoms with Crippen molar-refractivity contribution in [2.24, 2.45) is 5.92 Å². The molecule has 1 heterocycles. The van der Waals surface area contributed by atoms with E-state index in [2.05, 4.69) is 5.32 Å². The van der Waals surface area contributed by atoms with Gasteiger partial charge in [0.25, 0.3) is 0 Å². The van der Waals surface area contributed by atoms with Crippen molar-refractivity contribution in [3.63, 3.8) is 0 Å². The molecule has 5 heteroatoms. The lowest BCUT2D eigenvalue weighted by Crippen LogP contribution is -2.37. The van der Waals surface area contributed by atoms with Crippen LogP contribution in [0.2, 0.25) is 0 Å². The van der Waals surface area contributed by atoms with Gasteiger partial charge in [-0.15, -0.1) is 0 Å². The fourth-order valence-corrected chi connectivity index (χ4v) is 3.36. The van der Waals surface area contributed by atoms with Crippen molar-refractivity contribution in [3.8, 4) is 0 Å². The van der Waals surface area contributed by atoms with E-state index in [4.69, 9.17) is 9.52 Å². The normalized spacial score (nSPS) is 16.9. The maximum atomic E-state index is 12.1. The van der Waals surface area contributed by atoms with Gasteiger partial charge < -0.3 is 14.8 Å². The van der Waals surface area contributed by atoms with Crippen molar-refractivity contribution >= 4 is 11.9 Å². The summed E-state index contributed by atoms with van der Waals surface area (Å²) in [7, 11) is 0. The molecular formula is C18H27NO4. The Morgan fingerprint density at radius 2 is 2.04 bits per heavy atom. The van der Waals surface area contributed by atoms with Gasteiger partial charge in [-0.2, -0.15) is 0 Å². The molecule has 1 aromatic rings. The number of carboxylic acid groups (broad SMARTS) is 1. The zero-order valence-corrected chi connectivity index (χ0v) is 13.6. The van der Waals surface area contributed by atoms with Crippen molar-refractivity contribution in [1.29, 1.82) is 0 Å². The van der Waals surface area contributed by atoms with Crippen molar-refractivity contribution < 1.29 is 19.1 Å². The maximum absolute atomic E-state index is 12.1. The zero-order chi connectivity index (χ0) is 16.5. The van der Waals surface area contributed by atoms with Crippen LogP contribution in [0.15, 0.2) is 22.8 Å². The molecule has 2 rings (SSSR count). The van der Waals surface area contributed by atoms with Crippen LogP contribution in [0.3, 0.4) is 0 Å². The topological polar surface area (TPSA) is 79.5 Å². The first-order valence-corrected chi connectivity index (χ1v) is 8.67. The van der Waals surface area contributed by atoms with Gasteiger partial charge in [-0.3, -0.25) is 9.59 Å². The van der Waals surface area contributed by atoms with E-state index >= 15 is 0 Å². The Bertz CT molecular complexity index is 477. The average molecular weight is 321 g/mol. The van der Waals surface area contributed by atoms with Gasteiger partial charge in [-0.25, -0.2) is 0 Å². The van der Waals surface area contributed by atoms with Crippen LogP contribution < -0.4 is 5.32 Å². The van der Waals surface area contributed by atoms with Gasteiger partial charge in [-0.1, -0.05) is 32.1 Å². The first-order chi connectivity index (χ1) is 11.1. The molecule has 1 aliphatic rings. The summed E-state index contributed by atoms with van der Waals surface area (Å²) in [5.41, 5.74) is 0. The van der Waals surface area contributed by atoms with Crippen LogP contribution in [0.5, 0.6) is 0 Å². The Kier molecular flexibility index (Phi) is 7.17. The van der Waals surface area contributed by atoms with Gasteiger partial charge in [0, 0.05) is 25.3 Å². The van der Waals surface area contributed by atoms with E-state index in [1.165, 1.54) is 32.1 Å². The van der Waals surface area contributed by atoms with Crippen molar-refractivity contribution in [3.05, 3.63) is 24.2 Å². The third-order valence-electron chi connectivity index (χ3n) is 4.59. The van der Waals surface area contributed by atoms with Crippen molar-refractivity contribution in [1.82, 2.24) is 5.32 Å². The maximum Gasteiger partial charge on any atom is 0.303 e. The number of rotatable bonds is 9. The predicted molar refractivity (Wildman–Crippen MR) is 87.0 cm³/mol.